The van der Waals surface area contributed by atoms with Crippen LogP contribution in [0, 0.1) is 6.92 Å². The molecule has 3 aromatic rings. The van der Waals surface area contributed by atoms with E-state index in [9.17, 15) is 4.79 Å². The van der Waals surface area contributed by atoms with Gasteiger partial charge in [-0.2, -0.15) is 0 Å². The second kappa shape index (κ2) is 4.97. The van der Waals surface area contributed by atoms with Gasteiger partial charge in [-0.05, 0) is 25.1 Å². The fourth-order valence-corrected chi connectivity index (χ4v) is 2.58. The summed E-state index contributed by atoms with van der Waals surface area (Å²) >= 11 is 1.43. The van der Waals surface area contributed by atoms with Gasteiger partial charge < -0.3 is 9.15 Å². The van der Waals surface area contributed by atoms with E-state index in [0.717, 1.165) is 10.3 Å². The molecule has 0 atom stereocenters. The number of rotatable bonds is 3. The van der Waals surface area contributed by atoms with Crippen LogP contribution in [0.1, 0.15) is 15.2 Å². The van der Waals surface area contributed by atoms with Crippen molar-refractivity contribution in [1.82, 2.24) is 4.98 Å². The lowest BCUT2D eigenvalue weighted by Crippen LogP contribution is -2.11. The Kier molecular flexibility index (Phi) is 3.15. The van der Waals surface area contributed by atoms with E-state index in [1.807, 2.05) is 6.92 Å². The summed E-state index contributed by atoms with van der Waals surface area (Å²) in [4.78, 5) is 17.4. The Hall–Kier alpha value is -2.34. The maximum Gasteiger partial charge on any atom is 0.257 e. The van der Waals surface area contributed by atoms with Gasteiger partial charge >= 0.3 is 0 Å². The van der Waals surface area contributed by atoms with E-state index in [0.29, 0.717) is 22.0 Å². The summed E-state index contributed by atoms with van der Waals surface area (Å²) in [6, 6.07) is 5.18. The number of anilines is 1. The molecule has 0 radical (unpaired) electrons. The molecule has 0 unspecified atom stereocenters. The lowest BCUT2D eigenvalue weighted by Gasteiger charge is -2.05. The molecule has 1 N–H and O–H groups in total. The lowest BCUT2D eigenvalue weighted by atomic mass is 10.1. The maximum atomic E-state index is 12.2. The van der Waals surface area contributed by atoms with E-state index in [4.69, 9.17) is 9.15 Å². The molecule has 0 spiro atoms. The summed E-state index contributed by atoms with van der Waals surface area (Å²) in [6.45, 7) is 1.94. The van der Waals surface area contributed by atoms with Gasteiger partial charge in [-0.3, -0.25) is 10.1 Å². The smallest absolute Gasteiger partial charge is 0.257 e. The number of aromatic nitrogens is 1. The predicted octanol–water partition coefficient (Wildman–Crippen LogP) is 3.46. The third kappa shape index (κ3) is 2.25. The van der Waals surface area contributed by atoms with Crippen LogP contribution in [0.15, 0.2) is 35.1 Å². The lowest BCUT2D eigenvalue weighted by molar-refractivity contribution is 0.102. The molecule has 5 nitrogen and oxygen atoms in total. The maximum absolute atomic E-state index is 12.2. The van der Waals surface area contributed by atoms with Crippen molar-refractivity contribution in [3.8, 4) is 5.75 Å². The number of thiazole rings is 1. The molecule has 0 saturated carbocycles. The number of hydrogen-bond donors (Lipinski definition) is 1. The van der Waals surface area contributed by atoms with Crippen LogP contribution >= 0.6 is 11.3 Å². The number of nitrogens with zero attached hydrogens (tertiary/aromatic N) is 1. The third-order valence-electron chi connectivity index (χ3n) is 2.86. The van der Waals surface area contributed by atoms with Crippen LogP contribution in [-0.4, -0.2) is 18.0 Å². The fourth-order valence-electron chi connectivity index (χ4n) is 1.92. The average Bonchev–Trinajstić information content (AvgIpc) is 3.06. The normalized spacial score (nSPS) is 10.7. The molecule has 2 heterocycles. The molecule has 0 aliphatic carbocycles. The Balaban J connectivity index is 1.94. The van der Waals surface area contributed by atoms with Crippen molar-refractivity contribution < 1.29 is 13.9 Å². The number of ether oxygens (including phenoxy) is 1. The number of furan rings is 1. The highest BCUT2D eigenvalue weighted by molar-refractivity contribution is 7.15. The van der Waals surface area contributed by atoms with E-state index in [1.54, 1.807) is 37.8 Å². The topological polar surface area (TPSA) is 64.4 Å². The monoisotopic (exact) mass is 288 g/mol. The van der Waals surface area contributed by atoms with Gasteiger partial charge in [-0.1, -0.05) is 0 Å². The fraction of sp³-hybridized carbons (Fsp3) is 0.143. The summed E-state index contributed by atoms with van der Waals surface area (Å²) in [5.74, 6) is 0.368. The minimum Gasteiger partial charge on any atom is -0.496 e. The molecule has 0 bridgehead atoms. The zero-order chi connectivity index (χ0) is 14.1. The molecule has 0 fully saturated rings. The number of nitrogens with one attached hydrogen (secondary N) is 1. The van der Waals surface area contributed by atoms with Gasteiger partial charge in [-0.25, -0.2) is 4.98 Å². The van der Waals surface area contributed by atoms with E-state index in [-0.39, 0.29) is 5.91 Å². The van der Waals surface area contributed by atoms with E-state index in [2.05, 4.69) is 10.3 Å². The minimum atomic E-state index is -0.240. The molecule has 1 amide bonds. The van der Waals surface area contributed by atoms with Crippen molar-refractivity contribution >= 4 is 33.3 Å². The van der Waals surface area contributed by atoms with E-state index >= 15 is 0 Å². The van der Waals surface area contributed by atoms with Gasteiger partial charge in [0, 0.05) is 16.6 Å². The van der Waals surface area contributed by atoms with Gasteiger partial charge in [0.1, 0.15) is 11.3 Å². The number of carbonyl (C=O) groups is 1. The summed E-state index contributed by atoms with van der Waals surface area (Å²) in [6.07, 6.45) is 3.29. The van der Waals surface area contributed by atoms with Gasteiger partial charge in [0.2, 0.25) is 0 Å². The van der Waals surface area contributed by atoms with Crippen molar-refractivity contribution in [3.63, 3.8) is 0 Å². The Labute approximate surface area is 119 Å². The largest absolute Gasteiger partial charge is 0.496 e. The zero-order valence-corrected chi connectivity index (χ0v) is 11.8. The molecular weight excluding hydrogens is 276 g/mol. The van der Waals surface area contributed by atoms with Crippen LogP contribution in [0.2, 0.25) is 0 Å². The first kappa shape index (κ1) is 12.7. The molecule has 1 aromatic carbocycles. The van der Waals surface area contributed by atoms with Crippen molar-refractivity contribution in [2.45, 2.75) is 6.92 Å². The Morgan fingerprint density at radius 2 is 2.30 bits per heavy atom. The Bertz CT molecular complexity index is 776. The SMILES string of the molecule is COc1cc(C(=O)Nc2ncc(C)s2)cc2occc12. The highest BCUT2D eigenvalue weighted by Gasteiger charge is 2.13. The van der Waals surface area contributed by atoms with Crippen LogP contribution < -0.4 is 10.1 Å². The summed E-state index contributed by atoms with van der Waals surface area (Å²) in [5, 5.41) is 4.18. The molecular formula is C14H12N2O3S. The van der Waals surface area contributed by atoms with Gasteiger partial charge in [0.25, 0.3) is 5.91 Å². The number of methoxy groups -OCH3 is 1. The summed E-state index contributed by atoms with van der Waals surface area (Å²) in [7, 11) is 1.56. The number of carbonyl (C=O) groups excluding carboxylic acids is 1. The molecule has 0 saturated heterocycles. The highest BCUT2D eigenvalue weighted by atomic mass is 32.1. The van der Waals surface area contributed by atoms with Gasteiger partial charge in [0.15, 0.2) is 5.13 Å². The Morgan fingerprint density at radius 3 is 3.00 bits per heavy atom. The number of amides is 1. The number of benzene rings is 1. The van der Waals surface area contributed by atoms with Crippen molar-refractivity contribution in [2.75, 3.05) is 12.4 Å². The van der Waals surface area contributed by atoms with Crippen molar-refractivity contribution in [1.29, 1.82) is 0 Å². The van der Waals surface area contributed by atoms with E-state index in [1.165, 1.54) is 11.3 Å². The first-order valence-electron chi connectivity index (χ1n) is 5.96. The first-order chi connectivity index (χ1) is 9.67. The highest BCUT2D eigenvalue weighted by Crippen LogP contribution is 2.29. The van der Waals surface area contributed by atoms with Crippen molar-refractivity contribution in [2.24, 2.45) is 0 Å². The zero-order valence-electron chi connectivity index (χ0n) is 11.0. The molecule has 20 heavy (non-hydrogen) atoms. The van der Waals surface area contributed by atoms with Crippen LogP contribution in [0.5, 0.6) is 5.75 Å². The first-order valence-corrected chi connectivity index (χ1v) is 6.78. The number of aryl methyl sites for hydroxylation is 1. The summed E-state index contributed by atoms with van der Waals surface area (Å²) in [5.41, 5.74) is 1.09. The molecule has 102 valence electrons. The molecule has 0 aliphatic rings. The minimum absolute atomic E-state index is 0.240. The molecule has 6 heteroatoms. The quantitative estimate of drug-likeness (QED) is 0.801. The molecule has 3 rings (SSSR count). The second-order valence-corrected chi connectivity index (χ2v) is 5.48. The Morgan fingerprint density at radius 1 is 1.45 bits per heavy atom. The van der Waals surface area contributed by atoms with Crippen LogP contribution in [0.3, 0.4) is 0 Å². The number of hydrogen-bond acceptors (Lipinski definition) is 5. The average molecular weight is 288 g/mol. The third-order valence-corrected chi connectivity index (χ3v) is 3.69. The van der Waals surface area contributed by atoms with Crippen LogP contribution in [0.4, 0.5) is 5.13 Å². The second-order valence-electron chi connectivity index (χ2n) is 4.24. The molecule has 2 aromatic heterocycles. The number of fused-ring (bicyclic) bond motifs is 1. The van der Waals surface area contributed by atoms with Crippen LogP contribution in [-0.2, 0) is 0 Å². The van der Waals surface area contributed by atoms with Gasteiger partial charge in [-0.15, -0.1) is 11.3 Å². The van der Waals surface area contributed by atoms with Crippen LogP contribution in [0.25, 0.3) is 11.0 Å². The molecule has 0 aliphatic heterocycles. The predicted molar refractivity (Wildman–Crippen MR) is 77.6 cm³/mol. The van der Waals surface area contributed by atoms with Crippen molar-refractivity contribution in [3.05, 3.63) is 41.1 Å². The summed E-state index contributed by atoms with van der Waals surface area (Å²) < 4.78 is 10.6. The van der Waals surface area contributed by atoms with Gasteiger partial charge in [0.05, 0.1) is 18.8 Å². The standard InChI is InChI=1S/C14H12N2O3S/c1-8-7-15-14(20-8)16-13(17)9-5-11(18-2)10-3-4-19-12(10)6-9/h3-7H,1-2H3,(H,15,16,17). The van der Waals surface area contributed by atoms with E-state index < -0.39 is 0 Å².